The first-order valence-electron chi connectivity index (χ1n) is 12.0. The number of halogens is 2. The Morgan fingerprint density at radius 1 is 1.09 bits per heavy atom. The molecule has 0 aliphatic carbocycles. The van der Waals surface area contributed by atoms with Crippen molar-refractivity contribution in [2.45, 2.75) is 39.2 Å². The van der Waals surface area contributed by atoms with Gasteiger partial charge in [0.1, 0.15) is 5.75 Å². The van der Waals surface area contributed by atoms with Gasteiger partial charge >= 0.3 is 0 Å². The molecule has 0 aromatic heterocycles. The molecule has 1 N–H and O–H groups in total. The molecule has 1 fully saturated rings. The fourth-order valence-corrected chi connectivity index (χ4v) is 5.21. The fourth-order valence-electron chi connectivity index (χ4n) is 4.64. The largest absolute Gasteiger partial charge is 0.484 e. The van der Waals surface area contributed by atoms with E-state index in [0.29, 0.717) is 34.2 Å². The highest BCUT2D eigenvalue weighted by atomic mass is 35.5. The Kier molecular flexibility index (Phi) is 8.38. The van der Waals surface area contributed by atoms with E-state index in [4.69, 9.17) is 32.7 Å². The summed E-state index contributed by atoms with van der Waals surface area (Å²) in [6, 6.07) is 21.2. The molecular formula is C29H31Cl2NO3. The zero-order valence-electron chi connectivity index (χ0n) is 20.3. The third-order valence-corrected chi connectivity index (χ3v) is 7.14. The van der Waals surface area contributed by atoms with Crippen LogP contribution >= 0.6 is 23.2 Å². The highest BCUT2D eigenvalue weighted by Gasteiger charge is 2.35. The van der Waals surface area contributed by atoms with Crippen molar-refractivity contribution in [3.63, 3.8) is 0 Å². The number of amides is 1. The van der Waals surface area contributed by atoms with Crippen LogP contribution in [0.15, 0.2) is 66.7 Å². The van der Waals surface area contributed by atoms with E-state index in [-0.39, 0.29) is 24.5 Å². The Balaban J connectivity index is 1.42. The zero-order valence-corrected chi connectivity index (χ0v) is 21.8. The average molecular weight is 512 g/mol. The van der Waals surface area contributed by atoms with E-state index in [1.165, 1.54) is 0 Å². The summed E-state index contributed by atoms with van der Waals surface area (Å²) in [5, 5.41) is 4.18. The molecule has 3 atom stereocenters. The van der Waals surface area contributed by atoms with Crippen LogP contribution in [-0.4, -0.2) is 19.1 Å². The SMILES string of the molecule is Cc1ccc(NC(=O)COc2cccc([C@@H]3OC[C@@H](c4ccc(Cl)cc4Cl)C[C@H]3C(C)C)c2)cc1. The monoisotopic (exact) mass is 511 g/mol. The van der Waals surface area contributed by atoms with Crippen LogP contribution in [0, 0.1) is 18.8 Å². The minimum absolute atomic E-state index is 0.0535. The molecule has 4 nitrogen and oxygen atoms in total. The molecule has 1 aliphatic heterocycles. The van der Waals surface area contributed by atoms with E-state index in [1.807, 2.05) is 61.5 Å². The molecule has 0 spiro atoms. The molecular weight excluding hydrogens is 481 g/mol. The molecule has 0 bridgehead atoms. The average Bonchev–Trinajstić information content (AvgIpc) is 2.84. The van der Waals surface area contributed by atoms with Crippen molar-refractivity contribution in [3.05, 3.63) is 93.5 Å². The van der Waals surface area contributed by atoms with Gasteiger partial charge in [0.05, 0.1) is 12.7 Å². The third-order valence-electron chi connectivity index (χ3n) is 6.57. The Bertz CT molecular complexity index is 1160. The van der Waals surface area contributed by atoms with Crippen LogP contribution < -0.4 is 10.1 Å². The number of hydrogen-bond acceptors (Lipinski definition) is 3. The fraction of sp³-hybridized carbons (Fsp3) is 0.345. The molecule has 1 aliphatic rings. The van der Waals surface area contributed by atoms with Gasteiger partial charge in [-0.2, -0.15) is 0 Å². The van der Waals surface area contributed by atoms with Crippen LogP contribution in [-0.2, 0) is 9.53 Å². The van der Waals surface area contributed by atoms with Gasteiger partial charge in [0.25, 0.3) is 5.91 Å². The van der Waals surface area contributed by atoms with Gasteiger partial charge in [0.2, 0.25) is 0 Å². The summed E-state index contributed by atoms with van der Waals surface area (Å²) in [6.45, 7) is 6.98. The van der Waals surface area contributed by atoms with Gasteiger partial charge in [0, 0.05) is 21.7 Å². The van der Waals surface area contributed by atoms with Crippen molar-refractivity contribution in [2.75, 3.05) is 18.5 Å². The van der Waals surface area contributed by atoms with E-state index < -0.39 is 0 Å². The van der Waals surface area contributed by atoms with Gasteiger partial charge in [0.15, 0.2) is 6.61 Å². The Morgan fingerprint density at radius 2 is 1.86 bits per heavy atom. The minimum Gasteiger partial charge on any atom is -0.484 e. The number of nitrogens with one attached hydrogen (secondary N) is 1. The first-order valence-corrected chi connectivity index (χ1v) is 12.7. The summed E-state index contributed by atoms with van der Waals surface area (Å²) in [6.07, 6.45) is 0.913. The Labute approximate surface area is 217 Å². The van der Waals surface area contributed by atoms with E-state index in [0.717, 1.165) is 28.8 Å². The lowest BCUT2D eigenvalue weighted by Crippen LogP contribution is -2.31. The molecule has 184 valence electrons. The summed E-state index contributed by atoms with van der Waals surface area (Å²) in [4.78, 5) is 12.3. The van der Waals surface area contributed by atoms with Gasteiger partial charge in [-0.1, -0.05) is 72.9 Å². The van der Waals surface area contributed by atoms with E-state index in [1.54, 1.807) is 6.07 Å². The maximum atomic E-state index is 12.3. The molecule has 1 heterocycles. The summed E-state index contributed by atoms with van der Waals surface area (Å²) in [7, 11) is 0. The lowest BCUT2D eigenvalue weighted by Gasteiger charge is -2.39. The van der Waals surface area contributed by atoms with Crippen LogP contribution in [0.25, 0.3) is 0 Å². The lowest BCUT2D eigenvalue weighted by molar-refractivity contribution is -0.118. The summed E-state index contributed by atoms with van der Waals surface area (Å²) in [5.74, 6) is 1.39. The number of aryl methyl sites for hydroxylation is 1. The van der Waals surface area contributed by atoms with Crippen LogP contribution in [0.4, 0.5) is 5.69 Å². The quantitative estimate of drug-likeness (QED) is 0.351. The van der Waals surface area contributed by atoms with Crippen LogP contribution in [0.1, 0.15) is 49.0 Å². The second-order valence-electron chi connectivity index (χ2n) is 9.54. The molecule has 0 radical (unpaired) electrons. The smallest absolute Gasteiger partial charge is 0.262 e. The number of anilines is 1. The van der Waals surface area contributed by atoms with Crippen molar-refractivity contribution < 1.29 is 14.3 Å². The topological polar surface area (TPSA) is 47.6 Å². The summed E-state index contributed by atoms with van der Waals surface area (Å²) in [5.41, 5.74) is 4.03. The van der Waals surface area contributed by atoms with Gasteiger partial charge in [-0.05, 0) is 72.7 Å². The van der Waals surface area contributed by atoms with Crippen molar-refractivity contribution in [2.24, 2.45) is 11.8 Å². The Morgan fingerprint density at radius 3 is 2.57 bits per heavy atom. The zero-order chi connectivity index (χ0) is 24.9. The molecule has 0 saturated carbocycles. The number of rotatable bonds is 7. The predicted molar refractivity (Wildman–Crippen MR) is 143 cm³/mol. The molecule has 3 aromatic rings. The van der Waals surface area contributed by atoms with Crippen molar-refractivity contribution in [1.82, 2.24) is 0 Å². The predicted octanol–water partition coefficient (Wildman–Crippen LogP) is 7.84. The second kappa shape index (κ2) is 11.5. The first kappa shape index (κ1) is 25.6. The van der Waals surface area contributed by atoms with E-state index >= 15 is 0 Å². The van der Waals surface area contributed by atoms with Gasteiger partial charge in [-0.25, -0.2) is 0 Å². The van der Waals surface area contributed by atoms with Crippen molar-refractivity contribution in [3.8, 4) is 5.75 Å². The van der Waals surface area contributed by atoms with Crippen LogP contribution in [0.2, 0.25) is 10.0 Å². The highest BCUT2D eigenvalue weighted by molar-refractivity contribution is 6.35. The molecule has 4 rings (SSSR count). The summed E-state index contributed by atoms with van der Waals surface area (Å²) < 4.78 is 12.2. The minimum atomic E-state index is -0.198. The van der Waals surface area contributed by atoms with Gasteiger partial charge < -0.3 is 14.8 Å². The number of ether oxygens (including phenoxy) is 2. The van der Waals surface area contributed by atoms with E-state index in [9.17, 15) is 4.79 Å². The number of hydrogen-bond donors (Lipinski definition) is 1. The normalized spacial score (nSPS) is 20.0. The maximum absolute atomic E-state index is 12.3. The van der Waals surface area contributed by atoms with Crippen molar-refractivity contribution >= 4 is 34.8 Å². The number of carbonyl (C=O) groups is 1. The second-order valence-corrected chi connectivity index (χ2v) is 10.4. The van der Waals surface area contributed by atoms with Crippen molar-refractivity contribution in [1.29, 1.82) is 0 Å². The molecule has 35 heavy (non-hydrogen) atoms. The maximum Gasteiger partial charge on any atom is 0.262 e. The summed E-state index contributed by atoms with van der Waals surface area (Å²) >= 11 is 12.6. The standard InChI is InChI=1S/C29H31Cl2NO3/c1-18(2)26-14-21(25-12-9-22(30)15-27(25)31)16-35-29(26)20-5-4-6-24(13-20)34-17-28(33)32-23-10-7-19(3)8-11-23/h4-13,15,18,21,26,29H,14,16-17H2,1-3H3,(H,32,33)/t21-,26-,29-/m0/s1. The number of carbonyl (C=O) groups excluding carboxylic acids is 1. The molecule has 3 aromatic carbocycles. The third kappa shape index (κ3) is 6.58. The molecule has 0 unspecified atom stereocenters. The van der Waals surface area contributed by atoms with E-state index in [2.05, 4.69) is 25.2 Å². The highest BCUT2D eigenvalue weighted by Crippen LogP contribution is 2.45. The Hall–Kier alpha value is -2.53. The van der Waals surface area contributed by atoms with Gasteiger partial charge in [-0.15, -0.1) is 0 Å². The van der Waals surface area contributed by atoms with Crippen LogP contribution in [0.3, 0.4) is 0 Å². The first-order chi connectivity index (χ1) is 16.8. The molecule has 1 saturated heterocycles. The number of benzene rings is 3. The molecule has 1 amide bonds. The van der Waals surface area contributed by atoms with Gasteiger partial charge in [-0.3, -0.25) is 4.79 Å². The lowest BCUT2D eigenvalue weighted by atomic mass is 9.76. The molecule has 6 heteroatoms. The van der Waals surface area contributed by atoms with Crippen LogP contribution in [0.5, 0.6) is 5.75 Å².